The zero-order chi connectivity index (χ0) is 20.4. The average Bonchev–Trinajstić information content (AvgIpc) is 3.40. The summed E-state index contributed by atoms with van der Waals surface area (Å²) in [5.74, 6) is -0.291. The van der Waals surface area contributed by atoms with Crippen molar-refractivity contribution < 1.29 is 14.0 Å². The number of anilines is 1. The van der Waals surface area contributed by atoms with Gasteiger partial charge in [-0.25, -0.2) is 4.98 Å². The van der Waals surface area contributed by atoms with Crippen LogP contribution in [0, 0.1) is 0 Å². The molecule has 0 fully saturated rings. The molecule has 0 spiro atoms. The molecule has 4 heterocycles. The lowest BCUT2D eigenvalue weighted by Gasteiger charge is -2.02. The van der Waals surface area contributed by atoms with Crippen molar-refractivity contribution in [2.24, 2.45) is 7.05 Å². The predicted molar refractivity (Wildman–Crippen MR) is 107 cm³/mol. The summed E-state index contributed by atoms with van der Waals surface area (Å²) >= 11 is 1.04. The van der Waals surface area contributed by atoms with E-state index in [0.29, 0.717) is 27.5 Å². The van der Waals surface area contributed by atoms with Gasteiger partial charge in [-0.05, 0) is 30.3 Å². The molecule has 0 saturated carbocycles. The molecule has 0 atom stereocenters. The minimum absolute atomic E-state index is 0.220. The van der Waals surface area contributed by atoms with Crippen LogP contribution in [-0.4, -0.2) is 26.2 Å². The molecule has 0 aromatic carbocycles. The van der Waals surface area contributed by atoms with E-state index in [0.717, 1.165) is 11.3 Å². The number of carbonyl (C=O) groups is 2. The number of furan rings is 1. The first-order valence-corrected chi connectivity index (χ1v) is 9.32. The molecule has 4 aromatic heterocycles. The second-order valence-electron chi connectivity index (χ2n) is 6.06. The number of ketones is 1. The molecule has 8 nitrogen and oxygen atoms in total. The Hall–Kier alpha value is -3.85. The van der Waals surface area contributed by atoms with Crippen LogP contribution < -0.4 is 10.9 Å². The van der Waals surface area contributed by atoms with Gasteiger partial charge in [0.25, 0.3) is 5.91 Å². The number of pyridine rings is 2. The maximum Gasteiger partial charge on any atom is 0.257 e. The summed E-state index contributed by atoms with van der Waals surface area (Å²) in [6, 6.07) is 9.31. The SMILES string of the molecule is Cn1cc(C(=O)c2sc(NC(=O)c3ccncc3)nc2-c2ccco2)ccc1=O. The smallest absolute Gasteiger partial charge is 0.257 e. The molecular weight excluding hydrogens is 392 g/mol. The fourth-order valence-corrected chi connectivity index (χ4v) is 3.57. The standard InChI is InChI=1S/C20H14N4O4S/c1-24-11-13(4-5-15(24)25)17(26)18-16(14-3-2-10-28-14)22-20(29-18)23-19(27)12-6-8-21-9-7-12/h2-11H,1H3,(H,22,23,27). The van der Waals surface area contributed by atoms with Crippen molar-refractivity contribution in [1.82, 2.24) is 14.5 Å². The lowest BCUT2D eigenvalue weighted by molar-refractivity contribution is 0.102. The van der Waals surface area contributed by atoms with E-state index in [1.54, 1.807) is 31.3 Å². The second-order valence-corrected chi connectivity index (χ2v) is 7.06. The highest BCUT2D eigenvalue weighted by Crippen LogP contribution is 2.33. The van der Waals surface area contributed by atoms with Gasteiger partial charge in [-0.1, -0.05) is 11.3 Å². The highest BCUT2D eigenvalue weighted by Gasteiger charge is 2.23. The van der Waals surface area contributed by atoms with Crippen molar-refractivity contribution in [1.29, 1.82) is 0 Å². The third-order valence-corrected chi connectivity index (χ3v) is 5.07. The first-order valence-electron chi connectivity index (χ1n) is 8.50. The van der Waals surface area contributed by atoms with Crippen LogP contribution in [0.3, 0.4) is 0 Å². The monoisotopic (exact) mass is 406 g/mol. The van der Waals surface area contributed by atoms with Gasteiger partial charge < -0.3 is 8.98 Å². The van der Waals surface area contributed by atoms with Crippen LogP contribution in [-0.2, 0) is 7.05 Å². The number of nitrogens with zero attached hydrogens (tertiary/aromatic N) is 3. The Bertz CT molecular complexity index is 1240. The Morgan fingerprint density at radius 2 is 1.90 bits per heavy atom. The van der Waals surface area contributed by atoms with E-state index in [4.69, 9.17) is 4.42 Å². The third kappa shape index (κ3) is 3.76. The van der Waals surface area contributed by atoms with Crippen molar-refractivity contribution in [3.8, 4) is 11.5 Å². The van der Waals surface area contributed by atoms with Crippen LogP contribution in [0.2, 0.25) is 0 Å². The number of nitrogens with one attached hydrogen (secondary N) is 1. The van der Waals surface area contributed by atoms with E-state index in [1.807, 2.05) is 0 Å². The Morgan fingerprint density at radius 1 is 1.10 bits per heavy atom. The number of hydrogen-bond acceptors (Lipinski definition) is 7. The van der Waals surface area contributed by atoms with Crippen LogP contribution in [0.25, 0.3) is 11.5 Å². The Labute approximate surface area is 168 Å². The summed E-state index contributed by atoms with van der Waals surface area (Å²) in [6.45, 7) is 0. The number of aromatic nitrogens is 3. The molecule has 9 heteroatoms. The van der Waals surface area contributed by atoms with Crippen molar-refractivity contribution in [2.45, 2.75) is 0 Å². The number of aryl methyl sites for hydroxylation is 1. The van der Waals surface area contributed by atoms with Crippen LogP contribution in [0.5, 0.6) is 0 Å². The topological polar surface area (TPSA) is 107 Å². The molecule has 0 aliphatic heterocycles. The summed E-state index contributed by atoms with van der Waals surface area (Å²) in [5, 5.41) is 2.96. The fraction of sp³-hybridized carbons (Fsp3) is 0.0500. The van der Waals surface area contributed by atoms with Crippen molar-refractivity contribution in [3.63, 3.8) is 0 Å². The van der Waals surface area contributed by atoms with E-state index in [2.05, 4.69) is 15.3 Å². The van der Waals surface area contributed by atoms with Crippen LogP contribution in [0.4, 0.5) is 5.13 Å². The maximum absolute atomic E-state index is 13.1. The van der Waals surface area contributed by atoms with E-state index in [9.17, 15) is 14.4 Å². The van der Waals surface area contributed by atoms with Crippen molar-refractivity contribution >= 4 is 28.2 Å². The van der Waals surface area contributed by atoms with Gasteiger partial charge in [-0.15, -0.1) is 0 Å². The number of carbonyl (C=O) groups excluding carboxylic acids is 2. The van der Waals surface area contributed by atoms with Crippen LogP contribution in [0.15, 0.2) is 70.5 Å². The normalized spacial score (nSPS) is 10.7. The molecule has 0 bridgehead atoms. The second kappa shape index (κ2) is 7.64. The zero-order valence-electron chi connectivity index (χ0n) is 15.2. The van der Waals surface area contributed by atoms with Gasteiger partial charge in [-0.3, -0.25) is 24.7 Å². The van der Waals surface area contributed by atoms with Gasteiger partial charge in [0.05, 0.1) is 6.26 Å². The summed E-state index contributed by atoms with van der Waals surface area (Å²) in [6.07, 6.45) is 5.97. The summed E-state index contributed by atoms with van der Waals surface area (Å²) in [5.41, 5.74) is 0.850. The number of amides is 1. The summed E-state index contributed by atoms with van der Waals surface area (Å²) in [4.78, 5) is 45.7. The highest BCUT2D eigenvalue weighted by atomic mass is 32.1. The van der Waals surface area contributed by atoms with E-state index in [-0.39, 0.29) is 22.4 Å². The maximum atomic E-state index is 13.1. The Morgan fingerprint density at radius 3 is 2.59 bits per heavy atom. The molecule has 4 rings (SSSR count). The predicted octanol–water partition coefficient (Wildman–Crippen LogP) is 2.98. The Balaban J connectivity index is 1.72. The number of hydrogen-bond donors (Lipinski definition) is 1. The van der Waals surface area contributed by atoms with Crippen LogP contribution >= 0.6 is 11.3 Å². The first-order chi connectivity index (χ1) is 14.0. The summed E-state index contributed by atoms with van der Waals surface area (Å²) in [7, 11) is 1.57. The van der Waals surface area contributed by atoms with Gasteiger partial charge in [-0.2, -0.15) is 0 Å². The van der Waals surface area contributed by atoms with Gasteiger partial charge >= 0.3 is 0 Å². The van der Waals surface area contributed by atoms with E-state index in [1.165, 1.54) is 41.6 Å². The van der Waals surface area contributed by atoms with Gasteiger partial charge in [0.2, 0.25) is 11.3 Å². The molecule has 4 aromatic rings. The first kappa shape index (κ1) is 18.5. The Kier molecular flexibility index (Phi) is 4.88. The molecule has 0 radical (unpaired) electrons. The van der Waals surface area contributed by atoms with Crippen LogP contribution in [0.1, 0.15) is 25.6 Å². The van der Waals surface area contributed by atoms with Gasteiger partial charge in [0, 0.05) is 42.8 Å². The largest absolute Gasteiger partial charge is 0.463 e. The van der Waals surface area contributed by atoms with E-state index >= 15 is 0 Å². The van der Waals surface area contributed by atoms with Gasteiger partial charge in [0.15, 0.2) is 10.9 Å². The number of thiazole rings is 1. The highest BCUT2D eigenvalue weighted by molar-refractivity contribution is 7.18. The third-order valence-electron chi connectivity index (χ3n) is 4.10. The van der Waals surface area contributed by atoms with E-state index < -0.39 is 0 Å². The quantitative estimate of drug-likeness (QED) is 0.511. The molecule has 0 aliphatic carbocycles. The lowest BCUT2D eigenvalue weighted by Crippen LogP contribution is -2.16. The number of rotatable bonds is 5. The lowest BCUT2D eigenvalue weighted by atomic mass is 10.1. The molecule has 1 amide bonds. The summed E-state index contributed by atoms with van der Waals surface area (Å²) < 4.78 is 6.73. The molecule has 1 N–H and O–H groups in total. The van der Waals surface area contributed by atoms with Gasteiger partial charge in [0.1, 0.15) is 10.6 Å². The molecule has 0 aliphatic rings. The fourth-order valence-electron chi connectivity index (χ4n) is 2.64. The van der Waals surface area contributed by atoms with Crippen molar-refractivity contribution in [2.75, 3.05) is 5.32 Å². The minimum Gasteiger partial charge on any atom is -0.463 e. The molecule has 0 unspecified atom stereocenters. The molecular formula is C20H14N4O4S. The van der Waals surface area contributed by atoms with Crippen molar-refractivity contribution in [3.05, 3.63) is 87.6 Å². The molecule has 144 valence electrons. The molecule has 29 heavy (non-hydrogen) atoms. The molecule has 0 saturated heterocycles. The zero-order valence-corrected chi connectivity index (χ0v) is 16.0. The average molecular weight is 406 g/mol. The minimum atomic E-state index is -0.367.